The second-order valence-corrected chi connectivity index (χ2v) is 18.3. The standard InChI is InChI=1S/C43H74N2O16/c1-17-31-43(13,52)36(49)23(4)33(44-61-29(10)48)21(2)19-41(11,51)37(60-40-35(56-27(8)46)30(45(14)15)18-22(3)54-40)24(5)34(25(6)39(50)58-31)59-32-20-42(12,53-16)38(26(7)55-32)57-28(9)47/h21-26,30-32,34-38,40,49,51-52H,17-20H2,1-16H3/b44-33+/t21-,22-,23+,24+,25-,26+,30+,31-,32?,34+,35-,36-,37-,38+,40+,41-,42-,43-/m1/s1. The van der Waals surface area contributed by atoms with Crippen LogP contribution in [-0.4, -0.2) is 155 Å². The lowest BCUT2D eigenvalue weighted by Gasteiger charge is -2.49. The van der Waals surface area contributed by atoms with Crippen LogP contribution in [0.2, 0.25) is 0 Å². The third-order valence-corrected chi connectivity index (χ3v) is 12.7. The normalized spacial score (nSPS) is 43.8. The van der Waals surface area contributed by atoms with E-state index in [1.807, 2.05) is 25.9 Å². The van der Waals surface area contributed by atoms with Gasteiger partial charge in [0.2, 0.25) is 0 Å². The Morgan fingerprint density at radius 1 is 0.852 bits per heavy atom. The fourth-order valence-corrected chi connectivity index (χ4v) is 9.40. The highest BCUT2D eigenvalue weighted by Crippen LogP contribution is 2.42. The van der Waals surface area contributed by atoms with Crippen LogP contribution in [0.1, 0.15) is 116 Å². The zero-order valence-electron chi connectivity index (χ0n) is 39.0. The number of hydrogen-bond acceptors (Lipinski definition) is 18. The summed E-state index contributed by atoms with van der Waals surface area (Å²) in [6, 6.07) is -0.353. The number of hydrogen-bond donors (Lipinski definition) is 3. The zero-order valence-corrected chi connectivity index (χ0v) is 39.0. The minimum absolute atomic E-state index is 0.0460. The summed E-state index contributed by atoms with van der Waals surface area (Å²) in [6.45, 7) is 20.3. The van der Waals surface area contributed by atoms with E-state index < -0.39 is 120 Å². The first-order valence-electron chi connectivity index (χ1n) is 21.4. The van der Waals surface area contributed by atoms with Crippen molar-refractivity contribution >= 4 is 29.6 Å². The molecule has 0 aromatic carbocycles. The average molecular weight is 875 g/mol. The monoisotopic (exact) mass is 875 g/mol. The molecule has 1 unspecified atom stereocenters. The number of ether oxygens (including phenoxy) is 8. The van der Waals surface area contributed by atoms with E-state index in [2.05, 4.69) is 5.16 Å². The summed E-state index contributed by atoms with van der Waals surface area (Å²) in [5, 5.41) is 40.7. The minimum Gasteiger partial charge on any atom is -0.459 e. The molecule has 0 radical (unpaired) electrons. The molecule has 0 amide bonds. The molecule has 18 heteroatoms. The molecule has 0 saturated carbocycles. The highest BCUT2D eigenvalue weighted by molar-refractivity contribution is 5.89. The Morgan fingerprint density at radius 3 is 1.98 bits per heavy atom. The fraction of sp³-hybridized carbons (Fsp3) is 0.884. The summed E-state index contributed by atoms with van der Waals surface area (Å²) >= 11 is 0. The number of carbonyl (C=O) groups excluding carboxylic acids is 4. The number of nitrogens with zero attached hydrogens (tertiary/aromatic N) is 2. The largest absolute Gasteiger partial charge is 0.459 e. The molecule has 3 rings (SSSR count). The topological polar surface area (TPSA) is 228 Å². The third kappa shape index (κ3) is 12.7. The SMILES string of the molecule is CC[C@H]1OC(=O)[C@H](C)[C@@H](OC2C[C@@](C)(OC)[C@@H](OC(C)=O)[C@H](C)O2)[C@H](C)[C@@H](O[C@@H]2O[C@H](C)C[C@H](N(C)C)[C@H]2OC(C)=O)[C@](C)(O)C[C@@H](C)/C(=N\OC(C)=O)[C@H](C)[C@@H](O)[C@]1(C)O. The maximum Gasteiger partial charge on any atom is 0.331 e. The molecule has 3 fully saturated rings. The van der Waals surface area contributed by atoms with Gasteiger partial charge in [-0.2, -0.15) is 0 Å². The first-order valence-corrected chi connectivity index (χ1v) is 21.4. The molecule has 3 saturated heterocycles. The second-order valence-electron chi connectivity index (χ2n) is 18.3. The number of likely N-dealkylation sites (N-methyl/N-ethyl adjacent to an activating group) is 1. The quantitative estimate of drug-likeness (QED) is 0.124. The van der Waals surface area contributed by atoms with Crippen molar-refractivity contribution in [3.63, 3.8) is 0 Å². The van der Waals surface area contributed by atoms with E-state index in [0.29, 0.717) is 6.42 Å². The second kappa shape index (κ2) is 21.2. The van der Waals surface area contributed by atoms with E-state index in [4.69, 9.17) is 42.7 Å². The van der Waals surface area contributed by atoms with Gasteiger partial charge in [0.15, 0.2) is 24.8 Å². The summed E-state index contributed by atoms with van der Waals surface area (Å²) in [5.74, 6) is -6.44. The maximum atomic E-state index is 14.4. The molecule has 0 aromatic heterocycles. The molecule has 18 atom stereocenters. The maximum absolute atomic E-state index is 14.4. The number of methoxy groups -OCH3 is 1. The van der Waals surface area contributed by atoms with Gasteiger partial charge >= 0.3 is 23.9 Å². The van der Waals surface area contributed by atoms with Gasteiger partial charge < -0.3 is 63.0 Å². The van der Waals surface area contributed by atoms with Gasteiger partial charge in [-0.15, -0.1) is 0 Å². The Balaban J connectivity index is 2.31. The summed E-state index contributed by atoms with van der Waals surface area (Å²) in [7, 11) is 5.18. The van der Waals surface area contributed by atoms with Crippen LogP contribution >= 0.6 is 0 Å². The Labute approximate surface area is 361 Å². The Bertz CT molecular complexity index is 1540. The third-order valence-electron chi connectivity index (χ3n) is 12.7. The van der Waals surface area contributed by atoms with Crippen LogP contribution in [0.5, 0.6) is 0 Å². The summed E-state index contributed by atoms with van der Waals surface area (Å²) < 4.78 is 49.8. The first-order chi connectivity index (χ1) is 28.1. The molecule has 352 valence electrons. The van der Waals surface area contributed by atoms with Gasteiger partial charge in [-0.1, -0.05) is 32.9 Å². The van der Waals surface area contributed by atoms with Gasteiger partial charge in [0.1, 0.15) is 17.3 Å². The van der Waals surface area contributed by atoms with Gasteiger partial charge in [0, 0.05) is 52.1 Å². The van der Waals surface area contributed by atoms with Gasteiger partial charge in [-0.3, -0.25) is 14.4 Å². The highest BCUT2D eigenvalue weighted by Gasteiger charge is 2.54. The Hall–Kier alpha value is -2.81. The number of rotatable bonds is 10. The van der Waals surface area contributed by atoms with Crippen molar-refractivity contribution in [2.75, 3.05) is 21.2 Å². The van der Waals surface area contributed by atoms with Crippen LogP contribution in [0, 0.1) is 23.7 Å². The fourth-order valence-electron chi connectivity index (χ4n) is 9.40. The van der Waals surface area contributed by atoms with Gasteiger partial charge in [0.25, 0.3) is 0 Å². The van der Waals surface area contributed by atoms with E-state index in [1.165, 1.54) is 41.7 Å². The van der Waals surface area contributed by atoms with Crippen molar-refractivity contribution in [2.45, 2.75) is 200 Å². The van der Waals surface area contributed by atoms with Crippen molar-refractivity contribution in [3.05, 3.63) is 0 Å². The van der Waals surface area contributed by atoms with Gasteiger partial charge in [-0.05, 0) is 74.9 Å². The molecular weight excluding hydrogens is 800 g/mol. The molecule has 0 spiro atoms. The van der Waals surface area contributed by atoms with Crippen LogP contribution in [0.4, 0.5) is 0 Å². The van der Waals surface area contributed by atoms with E-state index >= 15 is 0 Å². The molecule has 3 heterocycles. The predicted molar refractivity (Wildman–Crippen MR) is 220 cm³/mol. The molecule has 3 aliphatic rings. The van der Waals surface area contributed by atoms with Gasteiger partial charge in [-0.25, -0.2) is 4.79 Å². The van der Waals surface area contributed by atoms with Crippen molar-refractivity contribution < 1.29 is 77.2 Å². The first kappa shape index (κ1) is 52.5. The van der Waals surface area contributed by atoms with Crippen molar-refractivity contribution in [1.82, 2.24) is 4.90 Å². The van der Waals surface area contributed by atoms with Crippen LogP contribution in [0.15, 0.2) is 5.16 Å². The van der Waals surface area contributed by atoms with Gasteiger partial charge in [0.05, 0.1) is 53.8 Å². The van der Waals surface area contributed by atoms with Crippen LogP contribution in [-0.2, 0) is 61.9 Å². The smallest absolute Gasteiger partial charge is 0.331 e. The number of cyclic esters (lactones) is 1. The number of oxime groups is 1. The van der Waals surface area contributed by atoms with Crippen LogP contribution in [0.25, 0.3) is 0 Å². The number of aliphatic hydroxyl groups is 3. The lowest BCUT2D eigenvalue weighted by molar-refractivity contribution is -0.319. The van der Waals surface area contributed by atoms with Crippen LogP contribution < -0.4 is 0 Å². The summed E-state index contributed by atoms with van der Waals surface area (Å²) in [4.78, 5) is 58.2. The molecule has 0 aliphatic carbocycles. The van der Waals surface area contributed by atoms with Crippen molar-refractivity contribution in [2.24, 2.45) is 28.8 Å². The Morgan fingerprint density at radius 2 is 1.46 bits per heavy atom. The number of aliphatic hydroxyl groups excluding tert-OH is 1. The summed E-state index contributed by atoms with van der Waals surface area (Å²) in [5.41, 5.74) is -4.88. The number of esters is 3. The van der Waals surface area contributed by atoms with E-state index in [9.17, 15) is 34.5 Å². The van der Waals surface area contributed by atoms with E-state index in [0.717, 1.165) is 0 Å². The predicted octanol–water partition coefficient (Wildman–Crippen LogP) is 3.28. The van der Waals surface area contributed by atoms with Crippen LogP contribution in [0.3, 0.4) is 0 Å². The van der Waals surface area contributed by atoms with Crippen molar-refractivity contribution in [1.29, 1.82) is 0 Å². The molecule has 0 bridgehead atoms. The molecule has 3 aliphatic heterocycles. The lowest BCUT2D eigenvalue weighted by Crippen LogP contribution is -2.62. The molecule has 3 N–H and O–H groups in total. The average Bonchev–Trinajstić information content (AvgIpc) is 3.15. The number of carbonyl (C=O) groups is 4. The molecule has 61 heavy (non-hydrogen) atoms. The minimum atomic E-state index is -2.04. The van der Waals surface area contributed by atoms with Crippen molar-refractivity contribution in [3.8, 4) is 0 Å². The molecule has 18 nitrogen and oxygen atoms in total. The lowest BCUT2D eigenvalue weighted by atomic mass is 9.73. The van der Waals surface area contributed by atoms with E-state index in [1.54, 1.807) is 48.5 Å². The molecule has 0 aromatic rings. The molecular formula is C43H74N2O16. The van der Waals surface area contributed by atoms with E-state index in [-0.39, 0.29) is 37.1 Å². The zero-order chi connectivity index (χ0) is 46.5. The highest BCUT2D eigenvalue weighted by atomic mass is 16.7. The Kier molecular flexibility index (Phi) is 18.3. The summed E-state index contributed by atoms with van der Waals surface area (Å²) in [6.07, 6.45) is -9.96.